The summed E-state index contributed by atoms with van der Waals surface area (Å²) in [6.45, 7) is 2.88. The van der Waals surface area contributed by atoms with Crippen LogP contribution in [0.2, 0.25) is 5.15 Å². The minimum Gasteiger partial charge on any atom is -0.494 e. The van der Waals surface area contributed by atoms with Crippen molar-refractivity contribution in [3.8, 4) is 17.1 Å². The van der Waals surface area contributed by atoms with Crippen LogP contribution in [0.15, 0.2) is 30.7 Å². The molecule has 1 spiro atoms. The third-order valence-electron chi connectivity index (χ3n) is 6.82. The highest BCUT2D eigenvalue weighted by Crippen LogP contribution is 2.43. The van der Waals surface area contributed by atoms with Gasteiger partial charge in [-0.05, 0) is 43.4 Å². The summed E-state index contributed by atoms with van der Waals surface area (Å²) in [7, 11) is 1.59. The average molecular weight is 475 g/mol. The van der Waals surface area contributed by atoms with E-state index in [1.54, 1.807) is 25.7 Å². The van der Waals surface area contributed by atoms with Crippen molar-refractivity contribution >= 4 is 28.3 Å². The van der Waals surface area contributed by atoms with E-state index in [2.05, 4.69) is 14.9 Å². The molecule has 3 aromatic rings. The fourth-order valence-electron chi connectivity index (χ4n) is 5.06. The summed E-state index contributed by atoms with van der Waals surface area (Å²) >= 11 is 6.46. The van der Waals surface area contributed by atoms with Gasteiger partial charge in [-0.1, -0.05) is 11.6 Å². The Labute approximate surface area is 195 Å². The van der Waals surface area contributed by atoms with Gasteiger partial charge in [0.2, 0.25) is 0 Å². The van der Waals surface area contributed by atoms with Gasteiger partial charge < -0.3 is 9.64 Å². The van der Waals surface area contributed by atoms with Crippen molar-refractivity contribution in [2.24, 2.45) is 5.41 Å². The Morgan fingerprint density at radius 3 is 2.55 bits per heavy atom. The van der Waals surface area contributed by atoms with Gasteiger partial charge in [-0.2, -0.15) is 0 Å². The van der Waals surface area contributed by atoms with E-state index in [0.717, 1.165) is 62.2 Å². The van der Waals surface area contributed by atoms with Crippen LogP contribution in [0.25, 0.3) is 22.3 Å². The lowest BCUT2D eigenvalue weighted by molar-refractivity contribution is 0.0906. The topological polar surface area (TPSA) is 67.3 Å². The van der Waals surface area contributed by atoms with Crippen molar-refractivity contribution in [3.63, 3.8) is 0 Å². The van der Waals surface area contributed by atoms with Crippen molar-refractivity contribution in [3.05, 3.63) is 35.9 Å². The molecule has 0 N–H and O–H groups in total. The first-order chi connectivity index (χ1) is 16.0. The molecule has 5 rings (SSSR count). The molecule has 0 amide bonds. The Morgan fingerprint density at radius 1 is 1.12 bits per heavy atom. The fourth-order valence-corrected chi connectivity index (χ4v) is 5.25. The molecule has 0 aliphatic carbocycles. The standard InChI is InChI=1S/C23H25ClF2N6O/c1-33-16-12-28-20(24)19-18(16)22(30-21(29-19)15-2-7-27-8-3-15)32-10-5-23(6-11-32)4-9-31(14-23)13-17(25)26/h2-3,7-8,12,17H,4-6,9-11,13-14H2,1H3. The number of methoxy groups -OCH3 is 1. The molecule has 2 aliphatic heterocycles. The zero-order valence-corrected chi connectivity index (χ0v) is 19.1. The molecule has 0 unspecified atom stereocenters. The van der Waals surface area contributed by atoms with Crippen LogP contribution in [0, 0.1) is 5.41 Å². The fraction of sp³-hybridized carbons (Fsp3) is 0.478. The van der Waals surface area contributed by atoms with Gasteiger partial charge >= 0.3 is 0 Å². The number of likely N-dealkylation sites (tertiary alicyclic amines) is 1. The Hall–Kier alpha value is -2.65. The minimum absolute atomic E-state index is 0.0887. The van der Waals surface area contributed by atoms with E-state index in [4.69, 9.17) is 26.3 Å². The molecule has 0 bridgehead atoms. The number of rotatable bonds is 5. The molecule has 3 aromatic heterocycles. The first-order valence-electron chi connectivity index (χ1n) is 11.0. The van der Waals surface area contributed by atoms with Crippen LogP contribution in [0.1, 0.15) is 19.3 Å². The number of hydrogen-bond donors (Lipinski definition) is 0. The van der Waals surface area contributed by atoms with Gasteiger partial charge in [0.1, 0.15) is 17.1 Å². The molecular formula is C23H25ClF2N6O. The number of ether oxygens (including phenoxy) is 1. The summed E-state index contributed by atoms with van der Waals surface area (Å²) < 4.78 is 31.3. The Kier molecular flexibility index (Phi) is 6.01. The van der Waals surface area contributed by atoms with E-state index in [9.17, 15) is 8.78 Å². The first-order valence-corrected chi connectivity index (χ1v) is 11.4. The zero-order chi connectivity index (χ0) is 23.0. The van der Waals surface area contributed by atoms with Gasteiger partial charge in [0.15, 0.2) is 11.0 Å². The van der Waals surface area contributed by atoms with Crippen LogP contribution in [0.3, 0.4) is 0 Å². The number of nitrogens with zero attached hydrogens (tertiary/aromatic N) is 6. The molecule has 7 nitrogen and oxygen atoms in total. The van der Waals surface area contributed by atoms with E-state index in [0.29, 0.717) is 17.1 Å². The monoisotopic (exact) mass is 474 g/mol. The van der Waals surface area contributed by atoms with E-state index in [-0.39, 0.29) is 17.1 Å². The van der Waals surface area contributed by atoms with Crippen molar-refractivity contribution in [2.75, 3.05) is 44.7 Å². The van der Waals surface area contributed by atoms with Gasteiger partial charge in [-0.3, -0.25) is 9.88 Å². The van der Waals surface area contributed by atoms with E-state index >= 15 is 0 Å². The Bertz CT molecular complexity index is 1140. The SMILES string of the molecule is COc1cnc(Cl)c2nc(-c3ccncc3)nc(N3CCC4(CCN(CC(F)F)C4)CC3)c12. The smallest absolute Gasteiger partial charge is 0.251 e. The first kappa shape index (κ1) is 22.2. The van der Waals surface area contributed by atoms with E-state index in [1.165, 1.54) is 0 Å². The molecule has 2 saturated heterocycles. The normalized spacial score (nSPS) is 18.5. The van der Waals surface area contributed by atoms with Crippen molar-refractivity contribution < 1.29 is 13.5 Å². The lowest BCUT2D eigenvalue weighted by Gasteiger charge is -2.40. The maximum atomic E-state index is 12.9. The molecule has 174 valence electrons. The van der Waals surface area contributed by atoms with Crippen LogP contribution in [0.5, 0.6) is 5.75 Å². The number of anilines is 1. The second kappa shape index (κ2) is 8.95. The predicted octanol–water partition coefficient (Wildman–Crippen LogP) is 4.31. The summed E-state index contributed by atoms with van der Waals surface area (Å²) in [4.78, 5) is 22.1. The summed E-state index contributed by atoms with van der Waals surface area (Å²) in [6.07, 6.45) is 5.50. The largest absolute Gasteiger partial charge is 0.494 e. The number of pyridine rings is 2. The maximum absolute atomic E-state index is 12.9. The van der Waals surface area contributed by atoms with Gasteiger partial charge in [0, 0.05) is 37.6 Å². The Balaban J connectivity index is 1.49. The van der Waals surface area contributed by atoms with Gasteiger partial charge in [0.05, 0.1) is 25.2 Å². The number of aromatic nitrogens is 4. The highest BCUT2D eigenvalue weighted by atomic mass is 35.5. The van der Waals surface area contributed by atoms with Gasteiger partial charge in [-0.25, -0.2) is 23.7 Å². The van der Waals surface area contributed by atoms with Crippen molar-refractivity contribution in [1.29, 1.82) is 0 Å². The third kappa shape index (κ3) is 4.31. The van der Waals surface area contributed by atoms with Crippen LogP contribution in [0.4, 0.5) is 14.6 Å². The van der Waals surface area contributed by atoms with Crippen molar-refractivity contribution in [1.82, 2.24) is 24.8 Å². The van der Waals surface area contributed by atoms with E-state index in [1.807, 2.05) is 17.0 Å². The predicted molar refractivity (Wildman–Crippen MR) is 123 cm³/mol. The van der Waals surface area contributed by atoms with Crippen LogP contribution in [-0.4, -0.2) is 71.1 Å². The molecule has 0 saturated carbocycles. The third-order valence-corrected chi connectivity index (χ3v) is 7.10. The number of alkyl halides is 2. The molecule has 10 heteroatoms. The van der Waals surface area contributed by atoms with Gasteiger partial charge in [-0.15, -0.1) is 0 Å². The minimum atomic E-state index is -2.29. The summed E-state index contributed by atoms with van der Waals surface area (Å²) in [6, 6.07) is 3.71. The van der Waals surface area contributed by atoms with Gasteiger partial charge in [0.25, 0.3) is 6.43 Å². The lowest BCUT2D eigenvalue weighted by atomic mass is 9.77. The highest BCUT2D eigenvalue weighted by Gasteiger charge is 2.41. The summed E-state index contributed by atoms with van der Waals surface area (Å²) in [5.41, 5.74) is 1.46. The van der Waals surface area contributed by atoms with Crippen LogP contribution < -0.4 is 9.64 Å². The molecule has 2 aliphatic rings. The lowest BCUT2D eigenvalue weighted by Crippen LogP contribution is -2.42. The molecule has 2 fully saturated rings. The summed E-state index contributed by atoms with van der Waals surface area (Å²) in [5.74, 6) is 1.86. The molecule has 33 heavy (non-hydrogen) atoms. The molecule has 0 radical (unpaired) electrons. The molecule has 0 aromatic carbocycles. The second-order valence-electron chi connectivity index (χ2n) is 8.81. The molecule has 0 atom stereocenters. The van der Waals surface area contributed by atoms with E-state index < -0.39 is 6.43 Å². The maximum Gasteiger partial charge on any atom is 0.251 e. The number of piperidine rings is 1. The average Bonchev–Trinajstić information content (AvgIpc) is 3.21. The Morgan fingerprint density at radius 2 is 1.85 bits per heavy atom. The van der Waals surface area contributed by atoms with Crippen LogP contribution >= 0.6 is 11.6 Å². The number of hydrogen-bond acceptors (Lipinski definition) is 7. The molecule has 5 heterocycles. The number of fused-ring (bicyclic) bond motifs is 1. The van der Waals surface area contributed by atoms with Crippen molar-refractivity contribution in [2.45, 2.75) is 25.7 Å². The molecular weight excluding hydrogens is 450 g/mol. The highest BCUT2D eigenvalue weighted by molar-refractivity contribution is 6.34. The quantitative estimate of drug-likeness (QED) is 0.510. The zero-order valence-electron chi connectivity index (χ0n) is 18.3. The summed E-state index contributed by atoms with van der Waals surface area (Å²) in [5, 5.41) is 1.02. The van der Waals surface area contributed by atoms with Crippen LogP contribution in [-0.2, 0) is 0 Å². The number of halogens is 3. The second-order valence-corrected chi connectivity index (χ2v) is 9.17.